The summed E-state index contributed by atoms with van der Waals surface area (Å²) in [6.07, 6.45) is 0. The number of hydrogen-bond donors (Lipinski definition) is 1. The summed E-state index contributed by atoms with van der Waals surface area (Å²) in [5.41, 5.74) is 7.21. The summed E-state index contributed by atoms with van der Waals surface area (Å²) in [7, 11) is 1.61. The Morgan fingerprint density at radius 2 is 1.87 bits per heavy atom. The topological polar surface area (TPSA) is 82.0 Å². The summed E-state index contributed by atoms with van der Waals surface area (Å²) in [6.45, 7) is 7.32. The first kappa shape index (κ1) is 19.7. The molecule has 4 rings (SSSR count). The number of ether oxygens (including phenoxy) is 1. The number of benzene rings is 2. The first-order valence-electron chi connectivity index (χ1n) is 9.92. The van der Waals surface area contributed by atoms with E-state index in [1.54, 1.807) is 7.11 Å². The van der Waals surface area contributed by atoms with E-state index < -0.39 is 0 Å². The average molecular weight is 400 g/mol. The third-order valence-electron chi connectivity index (χ3n) is 5.91. The number of hydrogen-bond acceptors (Lipinski definition) is 4. The minimum atomic E-state index is 0.0406. The van der Waals surface area contributed by atoms with E-state index in [0.29, 0.717) is 36.0 Å². The van der Waals surface area contributed by atoms with Gasteiger partial charge in [0.15, 0.2) is 0 Å². The lowest BCUT2D eigenvalue weighted by molar-refractivity contribution is 0.0601. The fraction of sp³-hybridized carbons (Fsp3) is 0.292. The number of carbonyl (C=O) groups excluding carboxylic acids is 1. The summed E-state index contributed by atoms with van der Waals surface area (Å²) in [5.74, 6) is 0.981. The second-order valence-corrected chi connectivity index (χ2v) is 7.85. The maximum absolute atomic E-state index is 13.2. The number of nitriles is 1. The molecule has 6 heteroatoms. The summed E-state index contributed by atoms with van der Waals surface area (Å²) in [4.78, 5) is 15.1. The van der Waals surface area contributed by atoms with Crippen molar-refractivity contribution in [3.63, 3.8) is 0 Å². The molecule has 0 atom stereocenters. The van der Waals surface area contributed by atoms with Crippen LogP contribution in [-0.2, 0) is 0 Å². The maximum Gasteiger partial charge on any atom is 0.254 e. The second kappa shape index (κ2) is 7.68. The van der Waals surface area contributed by atoms with Crippen molar-refractivity contribution in [1.82, 2.24) is 15.1 Å². The fourth-order valence-corrected chi connectivity index (χ4v) is 4.04. The van der Waals surface area contributed by atoms with Crippen molar-refractivity contribution in [2.75, 3.05) is 20.2 Å². The maximum atomic E-state index is 13.2. The smallest absolute Gasteiger partial charge is 0.254 e. The molecule has 2 heterocycles. The van der Waals surface area contributed by atoms with Crippen molar-refractivity contribution < 1.29 is 9.53 Å². The molecule has 0 radical (unpaired) electrons. The average Bonchev–Trinajstić information content (AvgIpc) is 3.07. The number of carbonyl (C=O) groups is 1. The molecule has 30 heavy (non-hydrogen) atoms. The lowest BCUT2D eigenvalue weighted by Crippen LogP contribution is -2.48. The molecule has 2 aromatic carbocycles. The molecule has 3 aromatic rings. The van der Waals surface area contributed by atoms with Crippen molar-refractivity contribution in [3.8, 4) is 23.2 Å². The van der Waals surface area contributed by atoms with Gasteiger partial charge in [-0.05, 0) is 55.7 Å². The highest BCUT2D eigenvalue weighted by atomic mass is 16.5. The van der Waals surface area contributed by atoms with Crippen LogP contribution in [-0.4, -0.2) is 41.2 Å². The van der Waals surface area contributed by atoms with Gasteiger partial charge in [0.25, 0.3) is 5.91 Å². The Kier molecular flexibility index (Phi) is 5.04. The Balaban J connectivity index is 1.56. The van der Waals surface area contributed by atoms with E-state index in [4.69, 9.17) is 10.00 Å². The molecule has 1 saturated heterocycles. The molecule has 1 fully saturated rings. The number of H-pyrrole nitrogens is 1. The molecule has 0 saturated carbocycles. The van der Waals surface area contributed by atoms with Crippen LogP contribution in [0, 0.1) is 32.1 Å². The highest BCUT2D eigenvalue weighted by molar-refractivity contribution is 5.98. The molecule has 1 aromatic heterocycles. The lowest BCUT2D eigenvalue weighted by Gasteiger charge is -2.40. The SMILES string of the molecule is COc1[nH]nc(-c2cc(C(=O)N3CC(c4ccc(C#N)cc4)C3)c(C)cc2C)c1C. The van der Waals surface area contributed by atoms with Crippen molar-refractivity contribution in [3.05, 3.63) is 69.8 Å². The van der Waals surface area contributed by atoms with Gasteiger partial charge in [-0.3, -0.25) is 4.79 Å². The van der Waals surface area contributed by atoms with Gasteiger partial charge in [-0.2, -0.15) is 10.4 Å². The summed E-state index contributed by atoms with van der Waals surface area (Å²) < 4.78 is 5.31. The minimum absolute atomic E-state index is 0.0406. The van der Waals surface area contributed by atoms with Gasteiger partial charge in [-0.15, -0.1) is 0 Å². The monoisotopic (exact) mass is 400 g/mol. The molecule has 0 aliphatic carbocycles. The second-order valence-electron chi connectivity index (χ2n) is 7.85. The van der Waals surface area contributed by atoms with Gasteiger partial charge in [-0.1, -0.05) is 18.2 Å². The van der Waals surface area contributed by atoms with Crippen LogP contribution < -0.4 is 4.74 Å². The zero-order valence-electron chi connectivity index (χ0n) is 17.6. The highest BCUT2D eigenvalue weighted by Crippen LogP contribution is 2.33. The van der Waals surface area contributed by atoms with Crippen LogP contribution in [0.3, 0.4) is 0 Å². The third-order valence-corrected chi connectivity index (χ3v) is 5.91. The van der Waals surface area contributed by atoms with E-state index in [9.17, 15) is 4.79 Å². The van der Waals surface area contributed by atoms with Crippen LogP contribution in [0.2, 0.25) is 0 Å². The predicted octanol–water partition coefficient (Wildman–Crippen LogP) is 4.12. The number of aromatic amines is 1. The standard InChI is InChI=1S/C24H24N4O2/c1-14-9-15(2)21(10-20(14)22-16(3)23(30-4)27-26-22)24(29)28-12-19(13-28)18-7-5-17(11-25)6-8-18/h5-10,19H,12-13H2,1-4H3,(H,26,27). The minimum Gasteiger partial charge on any atom is -0.481 e. The number of amides is 1. The zero-order chi connectivity index (χ0) is 21.4. The van der Waals surface area contributed by atoms with Gasteiger partial charge in [0.05, 0.1) is 24.4 Å². The Hall–Kier alpha value is -3.59. The highest BCUT2D eigenvalue weighted by Gasteiger charge is 2.33. The molecular weight excluding hydrogens is 376 g/mol. The van der Waals surface area contributed by atoms with Crippen LogP contribution >= 0.6 is 0 Å². The first-order valence-corrected chi connectivity index (χ1v) is 9.92. The summed E-state index contributed by atoms with van der Waals surface area (Å²) in [6, 6.07) is 13.7. The number of aryl methyl sites for hydroxylation is 2. The number of methoxy groups -OCH3 is 1. The van der Waals surface area contributed by atoms with E-state index in [-0.39, 0.29) is 5.91 Å². The van der Waals surface area contributed by atoms with E-state index in [1.165, 1.54) is 5.56 Å². The summed E-state index contributed by atoms with van der Waals surface area (Å²) in [5, 5.41) is 16.2. The molecule has 1 aliphatic rings. The molecule has 1 amide bonds. The molecule has 0 bridgehead atoms. The van der Waals surface area contributed by atoms with E-state index in [0.717, 1.165) is 27.9 Å². The normalized spacial score (nSPS) is 13.6. The third kappa shape index (κ3) is 3.33. The molecule has 0 unspecified atom stereocenters. The van der Waals surface area contributed by atoms with Crippen LogP contribution in [0.25, 0.3) is 11.3 Å². The van der Waals surface area contributed by atoms with Crippen molar-refractivity contribution in [1.29, 1.82) is 5.26 Å². The Bertz CT molecular complexity index is 1150. The molecular formula is C24H24N4O2. The van der Waals surface area contributed by atoms with Gasteiger partial charge < -0.3 is 9.64 Å². The molecule has 1 N–H and O–H groups in total. The van der Waals surface area contributed by atoms with Gasteiger partial charge in [-0.25, -0.2) is 5.10 Å². The number of nitrogens with one attached hydrogen (secondary N) is 1. The van der Waals surface area contributed by atoms with E-state index >= 15 is 0 Å². The zero-order valence-corrected chi connectivity index (χ0v) is 17.6. The van der Waals surface area contributed by atoms with Crippen LogP contribution in [0.4, 0.5) is 0 Å². The van der Waals surface area contributed by atoms with E-state index in [1.807, 2.05) is 62.1 Å². The quantitative estimate of drug-likeness (QED) is 0.714. The van der Waals surface area contributed by atoms with Gasteiger partial charge in [0.1, 0.15) is 0 Å². The number of nitrogens with zero attached hydrogens (tertiary/aromatic N) is 3. The Morgan fingerprint density at radius 3 is 2.47 bits per heavy atom. The Morgan fingerprint density at radius 1 is 1.17 bits per heavy atom. The largest absolute Gasteiger partial charge is 0.481 e. The molecule has 152 valence electrons. The first-order chi connectivity index (χ1) is 14.4. The fourth-order valence-electron chi connectivity index (χ4n) is 4.04. The van der Waals surface area contributed by atoms with E-state index in [2.05, 4.69) is 16.3 Å². The molecule has 6 nitrogen and oxygen atoms in total. The van der Waals surface area contributed by atoms with Crippen LogP contribution in [0.5, 0.6) is 5.88 Å². The van der Waals surface area contributed by atoms with Crippen molar-refractivity contribution in [2.24, 2.45) is 0 Å². The lowest BCUT2D eigenvalue weighted by atomic mass is 9.89. The van der Waals surface area contributed by atoms with Crippen LogP contribution in [0.15, 0.2) is 36.4 Å². The number of rotatable bonds is 4. The van der Waals surface area contributed by atoms with Gasteiger partial charge >= 0.3 is 0 Å². The summed E-state index contributed by atoms with van der Waals surface area (Å²) >= 11 is 0. The molecule has 0 spiro atoms. The number of likely N-dealkylation sites (tertiary alicyclic amines) is 1. The molecule has 1 aliphatic heterocycles. The van der Waals surface area contributed by atoms with Crippen molar-refractivity contribution in [2.45, 2.75) is 26.7 Å². The number of aromatic nitrogens is 2. The Labute approximate surface area is 176 Å². The van der Waals surface area contributed by atoms with Gasteiger partial charge in [0, 0.05) is 35.7 Å². The van der Waals surface area contributed by atoms with Crippen molar-refractivity contribution >= 4 is 5.91 Å². The predicted molar refractivity (Wildman–Crippen MR) is 115 cm³/mol. The van der Waals surface area contributed by atoms with Gasteiger partial charge in [0.2, 0.25) is 5.88 Å². The van der Waals surface area contributed by atoms with Crippen LogP contribution in [0.1, 0.15) is 44.1 Å².